The van der Waals surface area contributed by atoms with Crippen LogP contribution in [0.5, 0.6) is 0 Å². The van der Waals surface area contributed by atoms with Gasteiger partial charge >= 0.3 is 0 Å². The monoisotopic (exact) mass is 320 g/mol. The number of aromatic nitrogens is 3. The third-order valence-corrected chi connectivity index (χ3v) is 4.82. The van der Waals surface area contributed by atoms with Gasteiger partial charge in [0.1, 0.15) is 11.9 Å². The minimum atomic E-state index is -0.243. The molecule has 2 heterocycles. The molecule has 0 saturated carbocycles. The van der Waals surface area contributed by atoms with E-state index in [0.29, 0.717) is 5.92 Å². The maximum absolute atomic E-state index is 13.1. The van der Waals surface area contributed by atoms with Gasteiger partial charge in [0.05, 0.1) is 5.70 Å². The normalized spacial score (nSPS) is 16.5. The first-order valence-electron chi connectivity index (χ1n) is 7.28. The largest absolute Gasteiger partial charge is 0.348 e. The van der Waals surface area contributed by atoms with Crippen molar-refractivity contribution in [2.75, 3.05) is 5.43 Å². The van der Waals surface area contributed by atoms with Crippen molar-refractivity contribution >= 4 is 17.5 Å². The summed E-state index contributed by atoms with van der Waals surface area (Å²) in [7, 11) is 0. The highest BCUT2D eigenvalue weighted by Crippen LogP contribution is 2.30. The molecule has 0 unspecified atom stereocenters. The Balaban J connectivity index is 1.88. The second-order valence-corrected chi connectivity index (χ2v) is 6.27. The van der Waals surface area contributed by atoms with E-state index in [4.69, 9.17) is 0 Å². The first-order valence-corrected chi connectivity index (χ1v) is 8.16. The number of benzene rings is 1. The van der Waals surface area contributed by atoms with Crippen LogP contribution in [0.2, 0.25) is 0 Å². The van der Waals surface area contributed by atoms with Crippen LogP contribution in [0.4, 0.5) is 4.39 Å². The lowest BCUT2D eigenvalue weighted by atomic mass is 10.00. The zero-order valence-electron chi connectivity index (χ0n) is 12.6. The van der Waals surface area contributed by atoms with Gasteiger partial charge in [-0.3, -0.25) is 5.43 Å². The molecule has 0 saturated heterocycles. The van der Waals surface area contributed by atoms with Gasteiger partial charge in [0, 0.05) is 16.9 Å². The standard InChI is InChI=1S/C15H18FN5S/c1-3-9(2)13(17)14-18-19-15-21(14)20-12(8-22-15)10-4-6-11(16)7-5-10/h4-9,13,20H,3,17H2,1-2H3/p+1/t9-,13-/m0/s1. The van der Waals surface area contributed by atoms with Gasteiger partial charge in [-0.1, -0.05) is 25.6 Å². The number of halogens is 1. The van der Waals surface area contributed by atoms with Crippen molar-refractivity contribution in [1.29, 1.82) is 0 Å². The SMILES string of the molecule is CC[C@H](C)[C@H]([NH3+])c1nnc2n1NC(c1ccc(F)cc1)=CS2. The van der Waals surface area contributed by atoms with Crippen LogP contribution < -0.4 is 11.2 Å². The molecule has 0 spiro atoms. The van der Waals surface area contributed by atoms with E-state index in [1.165, 1.54) is 23.9 Å². The van der Waals surface area contributed by atoms with Crippen molar-refractivity contribution in [3.05, 3.63) is 46.9 Å². The number of quaternary nitrogens is 1. The number of hydrogen-bond donors (Lipinski definition) is 2. The Bertz CT molecular complexity index is 694. The Labute approximate surface area is 132 Å². The molecular formula is C15H19FN5S+. The van der Waals surface area contributed by atoms with Crippen LogP contribution in [0.25, 0.3) is 5.70 Å². The molecule has 5 nitrogen and oxygen atoms in total. The van der Waals surface area contributed by atoms with Gasteiger partial charge in [0.15, 0.2) is 0 Å². The van der Waals surface area contributed by atoms with E-state index < -0.39 is 0 Å². The third kappa shape index (κ3) is 2.74. The quantitative estimate of drug-likeness (QED) is 0.907. The number of fused-ring (bicyclic) bond motifs is 1. The summed E-state index contributed by atoms with van der Waals surface area (Å²) >= 11 is 1.50. The Morgan fingerprint density at radius 1 is 1.32 bits per heavy atom. The molecule has 4 N–H and O–H groups in total. The van der Waals surface area contributed by atoms with E-state index >= 15 is 0 Å². The van der Waals surface area contributed by atoms with Crippen LogP contribution in [0, 0.1) is 11.7 Å². The zero-order valence-corrected chi connectivity index (χ0v) is 13.4. The third-order valence-electron chi connectivity index (χ3n) is 3.99. The van der Waals surface area contributed by atoms with Gasteiger partial charge in [-0.25, -0.2) is 9.07 Å². The highest BCUT2D eigenvalue weighted by molar-refractivity contribution is 8.02. The van der Waals surface area contributed by atoms with Gasteiger partial charge < -0.3 is 5.73 Å². The second kappa shape index (κ2) is 6.10. The van der Waals surface area contributed by atoms with E-state index in [1.54, 1.807) is 12.1 Å². The smallest absolute Gasteiger partial charge is 0.214 e. The molecule has 22 heavy (non-hydrogen) atoms. The average Bonchev–Trinajstić information content (AvgIpc) is 2.97. The van der Waals surface area contributed by atoms with Crippen molar-refractivity contribution in [2.24, 2.45) is 5.92 Å². The van der Waals surface area contributed by atoms with E-state index in [2.05, 4.69) is 35.2 Å². The molecule has 1 aromatic heterocycles. The zero-order chi connectivity index (χ0) is 15.7. The van der Waals surface area contributed by atoms with Gasteiger partial charge in [-0.2, -0.15) is 0 Å². The van der Waals surface area contributed by atoms with Crippen LogP contribution in [-0.4, -0.2) is 14.9 Å². The fourth-order valence-electron chi connectivity index (χ4n) is 2.26. The number of nitrogens with one attached hydrogen (secondary N) is 1. The number of thioether (sulfide) groups is 1. The summed E-state index contributed by atoms with van der Waals surface area (Å²) in [5.74, 6) is 0.998. The molecule has 1 aliphatic heterocycles. The Morgan fingerprint density at radius 2 is 2.05 bits per heavy atom. The highest BCUT2D eigenvalue weighted by Gasteiger charge is 2.27. The second-order valence-electron chi connectivity index (χ2n) is 5.44. The predicted molar refractivity (Wildman–Crippen MR) is 84.7 cm³/mol. The molecule has 0 radical (unpaired) electrons. The first-order chi connectivity index (χ1) is 10.6. The lowest BCUT2D eigenvalue weighted by molar-refractivity contribution is -0.442. The van der Waals surface area contributed by atoms with Crippen molar-refractivity contribution in [3.63, 3.8) is 0 Å². The van der Waals surface area contributed by atoms with Crippen LogP contribution in [-0.2, 0) is 0 Å². The fourth-order valence-corrected chi connectivity index (χ4v) is 3.01. The molecular weight excluding hydrogens is 301 g/mol. The fraction of sp³-hybridized carbons (Fsp3) is 0.333. The van der Waals surface area contributed by atoms with Crippen LogP contribution in [0.1, 0.15) is 37.7 Å². The molecule has 2 atom stereocenters. The lowest BCUT2D eigenvalue weighted by Gasteiger charge is -2.21. The summed E-state index contributed by atoms with van der Waals surface area (Å²) in [6.07, 6.45) is 1.03. The number of nitrogens with zero attached hydrogens (tertiary/aromatic N) is 3. The summed E-state index contributed by atoms with van der Waals surface area (Å²) < 4.78 is 14.9. The minimum absolute atomic E-state index is 0.0620. The first kappa shape index (κ1) is 15.1. The molecule has 1 aromatic carbocycles. The van der Waals surface area contributed by atoms with E-state index in [1.807, 2.05) is 10.1 Å². The molecule has 116 valence electrons. The molecule has 0 bridgehead atoms. The van der Waals surface area contributed by atoms with Crippen molar-refractivity contribution in [3.8, 4) is 0 Å². The number of rotatable bonds is 4. The van der Waals surface area contributed by atoms with Crippen LogP contribution in [0.3, 0.4) is 0 Å². The molecule has 2 aromatic rings. The van der Waals surface area contributed by atoms with Gasteiger partial charge in [0.2, 0.25) is 11.0 Å². The topological polar surface area (TPSA) is 70.4 Å². The highest BCUT2D eigenvalue weighted by atomic mass is 32.2. The summed E-state index contributed by atoms with van der Waals surface area (Å²) in [6, 6.07) is 6.47. The summed E-state index contributed by atoms with van der Waals surface area (Å²) in [6.45, 7) is 4.30. The van der Waals surface area contributed by atoms with Gasteiger partial charge in [-0.15, -0.1) is 10.2 Å². The summed E-state index contributed by atoms with van der Waals surface area (Å²) in [4.78, 5) is 0. The maximum Gasteiger partial charge on any atom is 0.214 e. The van der Waals surface area contributed by atoms with Crippen molar-refractivity contribution < 1.29 is 10.1 Å². The average molecular weight is 320 g/mol. The van der Waals surface area contributed by atoms with E-state index in [-0.39, 0.29) is 11.9 Å². The van der Waals surface area contributed by atoms with Crippen LogP contribution >= 0.6 is 11.8 Å². The van der Waals surface area contributed by atoms with Crippen molar-refractivity contribution in [1.82, 2.24) is 14.9 Å². The number of hydrogen-bond acceptors (Lipinski definition) is 4. The Morgan fingerprint density at radius 3 is 2.73 bits per heavy atom. The molecule has 0 aliphatic carbocycles. The van der Waals surface area contributed by atoms with Crippen molar-refractivity contribution in [2.45, 2.75) is 31.5 Å². The van der Waals surface area contributed by atoms with Gasteiger partial charge in [0.25, 0.3) is 0 Å². The molecule has 0 amide bonds. The molecule has 1 aliphatic rings. The molecule has 3 rings (SSSR count). The van der Waals surface area contributed by atoms with Gasteiger partial charge in [-0.05, 0) is 30.7 Å². The minimum Gasteiger partial charge on any atom is -0.348 e. The Hall–Kier alpha value is -1.86. The maximum atomic E-state index is 13.1. The van der Waals surface area contributed by atoms with E-state index in [0.717, 1.165) is 28.7 Å². The molecule has 7 heteroatoms. The predicted octanol–water partition coefficient (Wildman–Crippen LogP) is 2.39. The van der Waals surface area contributed by atoms with E-state index in [9.17, 15) is 4.39 Å². The molecule has 0 fully saturated rings. The summed E-state index contributed by atoms with van der Waals surface area (Å²) in [5, 5.41) is 11.2. The Kier molecular flexibility index (Phi) is 4.17. The summed E-state index contributed by atoms with van der Waals surface area (Å²) in [5.41, 5.74) is 9.36. The van der Waals surface area contributed by atoms with Crippen LogP contribution in [0.15, 0.2) is 34.8 Å². The lowest BCUT2D eigenvalue weighted by Crippen LogP contribution is -2.57.